The normalized spacial score (nSPS) is 23.5. The fourth-order valence-electron chi connectivity index (χ4n) is 5.88. The van der Waals surface area contributed by atoms with E-state index in [0.29, 0.717) is 18.8 Å². The molecule has 1 N–H and O–H groups in total. The van der Waals surface area contributed by atoms with E-state index in [1.54, 1.807) is 4.68 Å². The highest BCUT2D eigenvalue weighted by Gasteiger charge is 2.48. The first kappa shape index (κ1) is 24.0. The molecule has 2 fully saturated rings. The van der Waals surface area contributed by atoms with Crippen LogP contribution in [0.2, 0.25) is 0 Å². The Morgan fingerprint density at radius 1 is 1.06 bits per heavy atom. The van der Waals surface area contributed by atoms with E-state index in [-0.39, 0.29) is 17.9 Å². The molecule has 1 aromatic heterocycles. The van der Waals surface area contributed by atoms with Crippen molar-refractivity contribution in [1.82, 2.24) is 24.9 Å². The highest BCUT2D eigenvalue weighted by atomic mass is 16.2. The number of hydrogen-bond donors (Lipinski definition) is 1. The van der Waals surface area contributed by atoms with Crippen LogP contribution in [-0.4, -0.2) is 69.2 Å². The quantitative estimate of drug-likeness (QED) is 0.657. The number of nitrogens with one attached hydrogen (secondary N) is 1. The van der Waals surface area contributed by atoms with Crippen molar-refractivity contribution in [1.29, 1.82) is 0 Å². The van der Waals surface area contributed by atoms with Crippen molar-refractivity contribution in [2.45, 2.75) is 83.3 Å². The summed E-state index contributed by atoms with van der Waals surface area (Å²) < 4.78 is 1.76. The lowest BCUT2D eigenvalue weighted by Gasteiger charge is -2.44. The predicted molar refractivity (Wildman–Crippen MR) is 137 cm³/mol. The summed E-state index contributed by atoms with van der Waals surface area (Å²) in [6.45, 7) is 7.94. The summed E-state index contributed by atoms with van der Waals surface area (Å²) in [7, 11) is 0. The summed E-state index contributed by atoms with van der Waals surface area (Å²) in [4.78, 5) is 31.8. The highest BCUT2D eigenvalue weighted by Crippen LogP contribution is 2.31. The zero-order valence-electron chi connectivity index (χ0n) is 21.3. The van der Waals surface area contributed by atoms with Crippen molar-refractivity contribution >= 4 is 11.8 Å². The van der Waals surface area contributed by atoms with Crippen LogP contribution in [0.5, 0.6) is 0 Å². The number of amides is 2. The number of hydrogen-bond acceptors (Lipinski definition) is 4. The fourth-order valence-corrected chi connectivity index (χ4v) is 5.88. The first-order valence-electron chi connectivity index (χ1n) is 13.5. The van der Waals surface area contributed by atoms with E-state index >= 15 is 0 Å². The number of aromatic nitrogens is 2. The second-order valence-corrected chi connectivity index (χ2v) is 10.7. The Bertz CT molecular complexity index is 1050. The van der Waals surface area contributed by atoms with Crippen LogP contribution in [0.4, 0.5) is 0 Å². The molecule has 3 aliphatic rings. The van der Waals surface area contributed by atoms with Gasteiger partial charge >= 0.3 is 0 Å². The van der Waals surface area contributed by atoms with Crippen LogP contribution in [0, 0.1) is 0 Å². The van der Waals surface area contributed by atoms with Gasteiger partial charge in [-0.2, -0.15) is 5.10 Å². The molecule has 2 aromatic rings. The van der Waals surface area contributed by atoms with Crippen LogP contribution in [-0.2, 0) is 17.8 Å². The Labute approximate surface area is 208 Å². The maximum atomic E-state index is 13.8. The topological polar surface area (TPSA) is 70.5 Å². The maximum Gasteiger partial charge on any atom is 0.273 e. The smallest absolute Gasteiger partial charge is 0.273 e. The second kappa shape index (κ2) is 10.1. The summed E-state index contributed by atoms with van der Waals surface area (Å²) in [6.07, 6.45) is 9.00. The minimum absolute atomic E-state index is 0.0471. The Morgan fingerprint density at radius 2 is 1.77 bits per heavy atom. The van der Waals surface area contributed by atoms with Gasteiger partial charge < -0.3 is 15.1 Å². The Kier molecular flexibility index (Phi) is 6.96. The second-order valence-electron chi connectivity index (χ2n) is 10.7. The molecule has 35 heavy (non-hydrogen) atoms. The minimum atomic E-state index is -0.962. The average molecular weight is 478 g/mol. The minimum Gasteiger partial charge on any atom is -0.351 e. The zero-order chi connectivity index (χ0) is 24.4. The Hall–Kier alpha value is -2.67. The van der Waals surface area contributed by atoms with E-state index in [9.17, 15) is 9.59 Å². The van der Waals surface area contributed by atoms with Gasteiger partial charge in [0.15, 0.2) is 0 Å². The lowest BCUT2D eigenvalue weighted by atomic mass is 9.91. The number of carbonyl (C=O) groups is 2. The molecule has 5 rings (SSSR count). The monoisotopic (exact) mass is 477 g/mol. The van der Waals surface area contributed by atoms with Gasteiger partial charge in [0, 0.05) is 24.7 Å². The van der Waals surface area contributed by atoms with Crippen LogP contribution < -0.4 is 5.32 Å². The third-order valence-corrected chi connectivity index (χ3v) is 8.22. The molecular formula is C28H39N5O2. The summed E-state index contributed by atoms with van der Waals surface area (Å²) in [5.41, 5.74) is 2.66. The van der Waals surface area contributed by atoms with Gasteiger partial charge in [-0.1, -0.05) is 50.5 Å². The van der Waals surface area contributed by atoms with Crippen LogP contribution in [0.15, 0.2) is 30.3 Å². The number of fused-ring (bicyclic) bond motifs is 1. The SMILES string of the molecule is CCc1ccc(-c2cc3n(n2)C[C@@](C)(C(=O)NC2CCCCC2)N(CCN2CCCC2)C3=O)cc1. The number of rotatable bonds is 7. The largest absolute Gasteiger partial charge is 0.351 e. The molecular weight excluding hydrogens is 438 g/mol. The van der Waals surface area contributed by atoms with Gasteiger partial charge in [-0.05, 0) is 63.7 Å². The maximum absolute atomic E-state index is 13.8. The molecule has 0 bridgehead atoms. The third-order valence-electron chi connectivity index (χ3n) is 8.22. The lowest BCUT2D eigenvalue weighted by molar-refractivity contribution is -0.134. The molecule has 3 heterocycles. The van der Waals surface area contributed by atoms with Crippen molar-refractivity contribution in [3.05, 3.63) is 41.6 Å². The number of carbonyl (C=O) groups excluding carboxylic acids is 2. The number of likely N-dealkylation sites (tertiary alicyclic amines) is 1. The van der Waals surface area contributed by atoms with E-state index < -0.39 is 5.54 Å². The zero-order valence-corrected chi connectivity index (χ0v) is 21.3. The third kappa shape index (κ3) is 4.88. The summed E-state index contributed by atoms with van der Waals surface area (Å²) >= 11 is 0. The first-order chi connectivity index (χ1) is 17.0. The number of nitrogens with zero attached hydrogens (tertiary/aromatic N) is 4. The molecule has 0 unspecified atom stereocenters. The summed E-state index contributed by atoms with van der Waals surface area (Å²) in [5, 5.41) is 8.10. The van der Waals surface area contributed by atoms with Crippen LogP contribution in [0.25, 0.3) is 11.3 Å². The van der Waals surface area contributed by atoms with Gasteiger partial charge in [0.1, 0.15) is 11.2 Å². The van der Waals surface area contributed by atoms with Gasteiger partial charge in [0.25, 0.3) is 5.91 Å². The number of aryl methyl sites for hydroxylation is 1. The number of benzene rings is 1. The van der Waals surface area contributed by atoms with Gasteiger partial charge in [-0.3, -0.25) is 14.3 Å². The standard InChI is InChI=1S/C28H39N5O2/c1-3-21-11-13-22(14-12-21)24-19-25-26(34)32(18-17-31-15-7-8-16-31)28(2,20-33(25)30-24)27(35)29-23-9-5-4-6-10-23/h11-14,19,23H,3-10,15-18,20H2,1-2H3,(H,29,35)/t28-/m0/s1. The molecule has 0 spiro atoms. The molecule has 0 radical (unpaired) electrons. The van der Waals surface area contributed by atoms with Crippen LogP contribution in [0.1, 0.15) is 74.8 Å². The molecule has 1 aromatic carbocycles. The van der Waals surface area contributed by atoms with E-state index in [1.807, 2.05) is 17.9 Å². The van der Waals surface area contributed by atoms with Crippen LogP contribution in [0.3, 0.4) is 0 Å². The molecule has 2 aliphatic heterocycles. The predicted octanol–water partition coefficient (Wildman–Crippen LogP) is 3.87. The van der Waals surface area contributed by atoms with Crippen molar-refractivity contribution in [2.75, 3.05) is 26.2 Å². The van der Waals surface area contributed by atoms with E-state index in [0.717, 1.165) is 63.0 Å². The summed E-state index contributed by atoms with van der Waals surface area (Å²) in [5.74, 6) is -0.144. The Balaban J connectivity index is 1.43. The summed E-state index contributed by atoms with van der Waals surface area (Å²) in [6, 6.07) is 10.5. The molecule has 1 atom stereocenters. The Morgan fingerprint density at radius 3 is 2.46 bits per heavy atom. The lowest BCUT2D eigenvalue weighted by Crippen LogP contribution is -2.66. The molecule has 1 saturated carbocycles. The van der Waals surface area contributed by atoms with Crippen molar-refractivity contribution in [2.24, 2.45) is 0 Å². The van der Waals surface area contributed by atoms with E-state index in [2.05, 4.69) is 41.4 Å². The molecule has 7 heteroatoms. The molecule has 1 saturated heterocycles. The van der Waals surface area contributed by atoms with Gasteiger partial charge in [-0.25, -0.2) is 0 Å². The van der Waals surface area contributed by atoms with Crippen molar-refractivity contribution < 1.29 is 9.59 Å². The van der Waals surface area contributed by atoms with Crippen molar-refractivity contribution in [3.8, 4) is 11.3 Å². The van der Waals surface area contributed by atoms with Crippen molar-refractivity contribution in [3.63, 3.8) is 0 Å². The fraction of sp³-hybridized carbons (Fsp3) is 0.607. The van der Waals surface area contributed by atoms with E-state index in [1.165, 1.54) is 24.8 Å². The van der Waals surface area contributed by atoms with Gasteiger partial charge in [0.2, 0.25) is 5.91 Å². The van der Waals surface area contributed by atoms with Crippen LogP contribution >= 0.6 is 0 Å². The molecule has 7 nitrogen and oxygen atoms in total. The van der Waals surface area contributed by atoms with Gasteiger partial charge in [-0.15, -0.1) is 0 Å². The molecule has 2 amide bonds. The molecule has 188 valence electrons. The first-order valence-corrected chi connectivity index (χ1v) is 13.5. The average Bonchev–Trinajstić information content (AvgIpc) is 3.55. The molecule has 1 aliphatic carbocycles. The highest BCUT2D eigenvalue weighted by molar-refractivity contribution is 6.00. The van der Waals surface area contributed by atoms with Gasteiger partial charge in [0.05, 0.1) is 12.2 Å². The van der Waals surface area contributed by atoms with E-state index in [4.69, 9.17) is 5.10 Å².